The number of hydrogen-bond donors (Lipinski definition) is 1. The minimum absolute atomic E-state index is 0.0673. The van der Waals surface area contributed by atoms with Crippen molar-refractivity contribution in [3.63, 3.8) is 0 Å². The summed E-state index contributed by atoms with van der Waals surface area (Å²) in [6.45, 7) is 0.604. The highest BCUT2D eigenvalue weighted by molar-refractivity contribution is 5.98. The van der Waals surface area contributed by atoms with E-state index >= 15 is 0 Å². The molecule has 29 heavy (non-hydrogen) atoms. The fourth-order valence-electron chi connectivity index (χ4n) is 3.12. The van der Waals surface area contributed by atoms with Crippen molar-refractivity contribution >= 4 is 23.7 Å². The van der Waals surface area contributed by atoms with Crippen LogP contribution in [0.3, 0.4) is 0 Å². The zero-order valence-corrected chi connectivity index (χ0v) is 15.9. The van der Waals surface area contributed by atoms with Crippen LogP contribution >= 0.6 is 0 Å². The molecule has 0 aliphatic carbocycles. The van der Waals surface area contributed by atoms with Crippen LogP contribution in [-0.2, 0) is 32.1 Å². The zero-order valence-electron chi connectivity index (χ0n) is 15.9. The summed E-state index contributed by atoms with van der Waals surface area (Å²) in [7, 11) is 0. The van der Waals surface area contributed by atoms with E-state index in [2.05, 4.69) is 5.32 Å². The predicted octanol–water partition coefficient (Wildman–Crippen LogP) is 1.85. The normalized spacial score (nSPS) is 13.2. The number of imide groups is 1. The van der Waals surface area contributed by atoms with Gasteiger partial charge in [-0.3, -0.25) is 19.7 Å². The van der Waals surface area contributed by atoms with Crippen LogP contribution < -0.4 is 5.32 Å². The summed E-state index contributed by atoms with van der Waals surface area (Å²) in [6.07, 6.45) is 1.47. The Balaban J connectivity index is 1.47. The molecule has 0 aromatic heterocycles. The Morgan fingerprint density at radius 1 is 0.966 bits per heavy atom. The fourth-order valence-corrected chi connectivity index (χ4v) is 3.12. The number of ether oxygens (including phenoxy) is 1. The van der Waals surface area contributed by atoms with E-state index in [0.717, 1.165) is 17.5 Å². The van der Waals surface area contributed by atoms with Crippen molar-refractivity contribution in [1.29, 1.82) is 0 Å². The van der Waals surface area contributed by atoms with Crippen LogP contribution in [0.25, 0.3) is 0 Å². The standard InChI is InChI=1S/C22H22N2O5/c25-19(13-16-6-2-1-3-7-16)23-20(26)15-29-22(28)18-9-4-8-17(12-18)14-24-11-5-10-21(24)27/h1-4,6-9,12H,5,10-11,13-15H2,(H,23,25,26). The first kappa shape index (κ1) is 20.3. The maximum atomic E-state index is 12.2. The molecule has 150 valence electrons. The predicted molar refractivity (Wildman–Crippen MR) is 105 cm³/mol. The maximum Gasteiger partial charge on any atom is 0.338 e. The SMILES string of the molecule is O=C(COC(=O)c1cccc(CN2CCCC2=O)c1)NC(=O)Cc1ccccc1. The summed E-state index contributed by atoms with van der Waals surface area (Å²) in [4.78, 5) is 49.4. The van der Waals surface area contributed by atoms with E-state index in [9.17, 15) is 19.2 Å². The molecule has 1 aliphatic heterocycles. The summed E-state index contributed by atoms with van der Waals surface area (Å²) in [5.74, 6) is -1.70. The molecule has 0 atom stereocenters. The van der Waals surface area contributed by atoms with Gasteiger partial charge in [-0.1, -0.05) is 42.5 Å². The van der Waals surface area contributed by atoms with Gasteiger partial charge in [0.2, 0.25) is 11.8 Å². The second-order valence-corrected chi connectivity index (χ2v) is 6.83. The summed E-state index contributed by atoms with van der Waals surface area (Å²) < 4.78 is 5.00. The Morgan fingerprint density at radius 2 is 1.72 bits per heavy atom. The van der Waals surface area contributed by atoms with E-state index in [-0.39, 0.29) is 17.9 Å². The number of carbonyl (C=O) groups excluding carboxylic acids is 4. The molecular weight excluding hydrogens is 372 g/mol. The molecule has 0 bridgehead atoms. The molecule has 2 aromatic rings. The van der Waals surface area contributed by atoms with Crippen LogP contribution in [-0.4, -0.2) is 41.7 Å². The van der Waals surface area contributed by atoms with Gasteiger partial charge in [-0.05, 0) is 29.7 Å². The number of hydrogen-bond acceptors (Lipinski definition) is 5. The number of nitrogens with zero attached hydrogens (tertiary/aromatic N) is 1. The Labute approximate surface area is 168 Å². The molecule has 1 saturated heterocycles. The highest BCUT2D eigenvalue weighted by atomic mass is 16.5. The third-order valence-electron chi connectivity index (χ3n) is 4.53. The number of nitrogens with one attached hydrogen (secondary N) is 1. The van der Waals surface area contributed by atoms with Crippen molar-refractivity contribution in [2.75, 3.05) is 13.2 Å². The van der Waals surface area contributed by atoms with E-state index in [1.807, 2.05) is 12.1 Å². The largest absolute Gasteiger partial charge is 0.452 e. The maximum absolute atomic E-state index is 12.2. The van der Waals surface area contributed by atoms with Crippen LogP contribution in [0, 0.1) is 0 Å². The topological polar surface area (TPSA) is 92.8 Å². The third-order valence-corrected chi connectivity index (χ3v) is 4.53. The molecule has 2 aromatic carbocycles. The minimum Gasteiger partial charge on any atom is -0.452 e. The van der Waals surface area contributed by atoms with Crippen LogP contribution in [0.15, 0.2) is 54.6 Å². The lowest BCUT2D eigenvalue weighted by Crippen LogP contribution is -2.35. The van der Waals surface area contributed by atoms with Gasteiger partial charge in [-0.15, -0.1) is 0 Å². The summed E-state index contributed by atoms with van der Waals surface area (Å²) in [5, 5.41) is 2.20. The Kier molecular flexibility index (Phi) is 6.73. The molecule has 1 aliphatic rings. The van der Waals surface area contributed by atoms with Crippen LogP contribution in [0.1, 0.15) is 34.3 Å². The number of likely N-dealkylation sites (tertiary alicyclic amines) is 1. The zero-order chi connectivity index (χ0) is 20.6. The molecule has 1 N–H and O–H groups in total. The van der Waals surface area contributed by atoms with E-state index in [1.54, 1.807) is 47.4 Å². The lowest BCUT2D eigenvalue weighted by atomic mass is 10.1. The van der Waals surface area contributed by atoms with Gasteiger partial charge in [0.25, 0.3) is 5.91 Å². The van der Waals surface area contributed by atoms with Crippen molar-refractivity contribution in [3.05, 3.63) is 71.3 Å². The molecule has 3 amide bonds. The smallest absolute Gasteiger partial charge is 0.338 e. The first-order valence-corrected chi connectivity index (χ1v) is 9.42. The number of rotatable bonds is 7. The highest BCUT2D eigenvalue weighted by Crippen LogP contribution is 2.15. The molecule has 1 fully saturated rings. The Bertz CT molecular complexity index is 910. The quantitative estimate of drug-likeness (QED) is 0.724. The van der Waals surface area contributed by atoms with Gasteiger partial charge < -0.3 is 9.64 Å². The molecule has 3 rings (SSSR count). The van der Waals surface area contributed by atoms with Crippen molar-refractivity contribution in [3.8, 4) is 0 Å². The Hall–Kier alpha value is -3.48. The number of carbonyl (C=O) groups is 4. The molecule has 7 nitrogen and oxygen atoms in total. The molecule has 0 radical (unpaired) electrons. The average Bonchev–Trinajstić information content (AvgIpc) is 3.11. The molecule has 0 spiro atoms. The molecule has 7 heteroatoms. The molecule has 0 unspecified atom stereocenters. The third kappa shape index (κ3) is 6.00. The van der Waals surface area contributed by atoms with Gasteiger partial charge in [-0.2, -0.15) is 0 Å². The summed E-state index contributed by atoms with van der Waals surface area (Å²) in [6, 6.07) is 15.8. The minimum atomic E-state index is -0.682. The summed E-state index contributed by atoms with van der Waals surface area (Å²) in [5.41, 5.74) is 1.89. The number of esters is 1. The molecule has 0 saturated carbocycles. The average molecular weight is 394 g/mol. The van der Waals surface area contributed by atoms with E-state index in [0.29, 0.717) is 19.5 Å². The van der Waals surface area contributed by atoms with Crippen LogP contribution in [0.2, 0.25) is 0 Å². The van der Waals surface area contributed by atoms with Crippen molar-refractivity contribution in [1.82, 2.24) is 10.2 Å². The molecular formula is C22H22N2O5. The van der Waals surface area contributed by atoms with Gasteiger partial charge in [0.1, 0.15) is 0 Å². The van der Waals surface area contributed by atoms with Gasteiger partial charge in [0.15, 0.2) is 6.61 Å². The van der Waals surface area contributed by atoms with Crippen LogP contribution in [0.4, 0.5) is 0 Å². The number of benzene rings is 2. The monoisotopic (exact) mass is 394 g/mol. The first-order chi connectivity index (χ1) is 14.0. The number of amides is 3. The van der Waals surface area contributed by atoms with Gasteiger partial charge in [-0.25, -0.2) is 4.79 Å². The lowest BCUT2D eigenvalue weighted by molar-refractivity contribution is -0.132. The lowest BCUT2D eigenvalue weighted by Gasteiger charge is -2.15. The first-order valence-electron chi connectivity index (χ1n) is 9.42. The van der Waals surface area contributed by atoms with E-state index in [4.69, 9.17) is 4.74 Å². The van der Waals surface area contributed by atoms with Crippen LogP contribution in [0.5, 0.6) is 0 Å². The van der Waals surface area contributed by atoms with Crippen molar-refractivity contribution in [2.45, 2.75) is 25.8 Å². The van der Waals surface area contributed by atoms with Gasteiger partial charge >= 0.3 is 5.97 Å². The molecule has 1 heterocycles. The second kappa shape index (κ2) is 9.64. The van der Waals surface area contributed by atoms with Crippen molar-refractivity contribution < 1.29 is 23.9 Å². The van der Waals surface area contributed by atoms with E-state index < -0.39 is 24.4 Å². The Morgan fingerprint density at radius 3 is 2.45 bits per heavy atom. The van der Waals surface area contributed by atoms with Gasteiger partial charge in [0.05, 0.1) is 12.0 Å². The van der Waals surface area contributed by atoms with E-state index in [1.165, 1.54) is 0 Å². The fraction of sp³-hybridized carbons (Fsp3) is 0.273. The summed E-state index contributed by atoms with van der Waals surface area (Å²) >= 11 is 0. The van der Waals surface area contributed by atoms with Gasteiger partial charge in [0, 0.05) is 19.5 Å². The van der Waals surface area contributed by atoms with Crippen molar-refractivity contribution in [2.24, 2.45) is 0 Å². The highest BCUT2D eigenvalue weighted by Gasteiger charge is 2.20. The second-order valence-electron chi connectivity index (χ2n) is 6.83.